The number of ether oxygens (including phenoxy) is 1. The summed E-state index contributed by atoms with van der Waals surface area (Å²) in [6.45, 7) is 3.82. The molecule has 0 aliphatic heterocycles. The molecule has 2 rings (SSSR count). The number of benzene rings is 1. The maximum atomic E-state index is 11.4. The molecule has 4 heteroatoms. The van der Waals surface area contributed by atoms with Crippen molar-refractivity contribution < 1.29 is 14.7 Å². The van der Waals surface area contributed by atoms with Gasteiger partial charge in [0.15, 0.2) is 5.69 Å². The molecular formula is C12H13NO3. The molecule has 0 aliphatic carbocycles. The lowest BCUT2D eigenvalue weighted by molar-refractivity contribution is 0.0554. The van der Waals surface area contributed by atoms with E-state index in [9.17, 15) is 10.0 Å². The summed E-state index contributed by atoms with van der Waals surface area (Å²) in [4.78, 5) is 11.4. The van der Waals surface area contributed by atoms with E-state index in [-0.39, 0.29) is 5.69 Å². The highest BCUT2D eigenvalue weighted by Crippen LogP contribution is 2.25. The van der Waals surface area contributed by atoms with Gasteiger partial charge in [0, 0.05) is 5.39 Å². The van der Waals surface area contributed by atoms with Gasteiger partial charge in [-0.25, -0.2) is 4.79 Å². The van der Waals surface area contributed by atoms with E-state index >= 15 is 0 Å². The Morgan fingerprint density at radius 2 is 1.94 bits per heavy atom. The Hall–Kier alpha value is -1.97. The van der Waals surface area contributed by atoms with Crippen LogP contribution in [0.3, 0.4) is 0 Å². The zero-order valence-corrected chi connectivity index (χ0v) is 9.44. The van der Waals surface area contributed by atoms with Crippen LogP contribution in [0, 0.1) is 13.8 Å². The molecule has 1 heterocycles. The summed E-state index contributed by atoms with van der Waals surface area (Å²) in [5.74, 6) is -0.544. The van der Waals surface area contributed by atoms with E-state index in [1.165, 1.54) is 7.11 Å². The van der Waals surface area contributed by atoms with Gasteiger partial charge in [0.1, 0.15) is 0 Å². The van der Waals surface area contributed by atoms with Gasteiger partial charge in [-0.2, -0.15) is 4.73 Å². The van der Waals surface area contributed by atoms with Crippen molar-refractivity contribution in [1.82, 2.24) is 4.73 Å². The lowest BCUT2D eigenvalue weighted by Gasteiger charge is -2.03. The van der Waals surface area contributed by atoms with Crippen LogP contribution in [0.25, 0.3) is 10.9 Å². The lowest BCUT2D eigenvalue weighted by atomic mass is 10.1. The number of carbonyl (C=O) groups excluding carboxylic acids is 1. The highest BCUT2D eigenvalue weighted by molar-refractivity contribution is 5.97. The van der Waals surface area contributed by atoms with Crippen molar-refractivity contribution >= 4 is 16.9 Å². The summed E-state index contributed by atoms with van der Waals surface area (Å²) in [7, 11) is 1.29. The molecule has 1 aromatic heterocycles. The average molecular weight is 219 g/mol. The van der Waals surface area contributed by atoms with Crippen molar-refractivity contribution in [3.63, 3.8) is 0 Å². The van der Waals surface area contributed by atoms with Gasteiger partial charge in [-0.05, 0) is 31.0 Å². The molecule has 0 bridgehead atoms. The number of hydrogen-bond acceptors (Lipinski definition) is 3. The monoisotopic (exact) mass is 219 g/mol. The van der Waals surface area contributed by atoms with Gasteiger partial charge in [0.05, 0.1) is 12.6 Å². The van der Waals surface area contributed by atoms with Crippen LogP contribution >= 0.6 is 0 Å². The third-order valence-electron chi connectivity index (χ3n) is 2.75. The van der Waals surface area contributed by atoms with Crippen molar-refractivity contribution in [2.75, 3.05) is 7.11 Å². The Kier molecular flexibility index (Phi) is 2.34. The van der Waals surface area contributed by atoms with E-state index in [2.05, 4.69) is 4.74 Å². The summed E-state index contributed by atoms with van der Waals surface area (Å²) in [6.07, 6.45) is 0. The van der Waals surface area contributed by atoms with Gasteiger partial charge in [-0.15, -0.1) is 0 Å². The number of aromatic nitrogens is 1. The minimum atomic E-state index is -0.544. The quantitative estimate of drug-likeness (QED) is 0.591. The summed E-state index contributed by atoms with van der Waals surface area (Å²) in [6, 6.07) is 5.51. The lowest BCUT2D eigenvalue weighted by Crippen LogP contribution is -2.08. The van der Waals surface area contributed by atoms with Crippen LogP contribution in [0.5, 0.6) is 0 Å². The van der Waals surface area contributed by atoms with Gasteiger partial charge >= 0.3 is 5.97 Å². The summed E-state index contributed by atoms with van der Waals surface area (Å²) < 4.78 is 5.50. The van der Waals surface area contributed by atoms with Crippen molar-refractivity contribution in [1.29, 1.82) is 0 Å². The molecule has 0 atom stereocenters. The summed E-state index contributed by atoms with van der Waals surface area (Å²) in [5, 5.41) is 10.8. The fourth-order valence-electron chi connectivity index (χ4n) is 1.85. The molecule has 0 radical (unpaired) electrons. The summed E-state index contributed by atoms with van der Waals surface area (Å²) in [5.41, 5.74) is 2.73. The number of hydrogen-bond donors (Lipinski definition) is 1. The molecule has 2 aromatic rings. The fraction of sp³-hybridized carbons (Fsp3) is 0.250. The van der Waals surface area contributed by atoms with Crippen molar-refractivity contribution in [2.45, 2.75) is 13.8 Å². The molecular weight excluding hydrogens is 206 g/mol. The van der Waals surface area contributed by atoms with Crippen LogP contribution in [-0.4, -0.2) is 23.0 Å². The van der Waals surface area contributed by atoms with Crippen LogP contribution < -0.4 is 0 Å². The molecule has 0 saturated carbocycles. The van der Waals surface area contributed by atoms with Crippen LogP contribution in [0.1, 0.15) is 21.6 Å². The SMILES string of the molecule is COC(=O)c1cc2c(C)ccc(C)c2n1O. The zero-order chi connectivity index (χ0) is 11.9. The van der Waals surface area contributed by atoms with Crippen molar-refractivity contribution in [2.24, 2.45) is 0 Å². The largest absolute Gasteiger partial charge is 0.464 e. The highest BCUT2D eigenvalue weighted by atomic mass is 16.5. The molecule has 0 saturated heterocycles. The molecule has 1 aromatic carbocycles. The number of methoxy groups -OCH3 is 1. The Morgan fingerprint density at radius 1 is 1.31 bits per heavy atom. The first-order valence-corrected chi connectivity index (χ1v) is 4.95. The first-order valence-electron chi connectivity index (χ1n) is 4.95. The van der Waals surface area contributed by atoms with Gasteiger partial charge in [0.25, 0.3) is 0 Å². The van der Waals surface area contributed by atoms with Gasteiger partial charge in [-0.1, -0.05) is 12.1 Å². The van der Waals surface area contributed by atoms with Crippen molar-refractivity contribution in [3.05, 3.63) is 35.0 Å². The first-order chi connectivity index (χ1) is 7.56. The molecule has 0 aliphatic rings. The van der Waals surface area contributed by atoms with E-state index in [1.54, 1.807) is 6.07 Å². The summed E-state index contributed by atoms with van der Waals surface area (Å²) >= 11 is 0. The van der Waals surface area contributed by atoms with Crippen LogP contribution in [0.15, 0.2) is 18.2 Å². The molecule has 0 spiro atoms. The normalized spacial score (nSPS) is 10.7. The Balaban J connectivity index is 2.82. The Morgan fingerprint density at radius 3 is 2.50 bits per heavy atom. The predicted molar refractivity (Wildman–Crippen MR) is 59.9 cm³/mol. The van der Waals surface area contributed by atoms with Crippen LogP contribution in [0.2, 0.25) is 0 Å². The minimum Gasteiger partial charge on any atom is -0.464 e. The number of esters is 1. The van der Waals surface area contributed by atoms with E-state index in [1.807, 2.05) is 26.0 Å². The number of aryl methyl sites for hydroxylation is 2. The van der Waals surface area contributed by atoms with E-state index < -0.39 is 5.97 Å². The van der Waals surface area contributed by atoms with Gasteiger partial charge in [-0.3, -0.25) is 0 Å². The molecule has 0 unspecified atom stereocenters. The topological polar surface area (TPSA) is 51.5 Å². The Bertz CT molecular complexity index is 569. The van der Waals surface area contributed by atoms with Gasteiger partial charge < -0.3 is 9.94 Å². The van der Waals surface area contributed by atoms with Crippen LogP contribution in [0.4, 0.5) is 0 Å². The standard InChI is InChI=1S/C12H13NO3/c1-7-4-5-8(2)11-9(7)6-10(13(11)15)12(14)16-3/h4-6,15H,1-3H3. The molecule has 84 valence electrons. The second-order valence-electron chi connectivity index (χ2n) is 3.79. The first kappa shape index (κ1) is 10.5. The third kappa shape index (κ3) is 1.34. The molecule has 16 heavy (non-hydrogen) atoms. The molecule has 1 N–H and O–H groups in total. The smallest absolute Gasteiger partial charge is 0.358 e. The maximum Gasteiger partial charge on any atom is 0.358 e. The van der Waals surface area contributed by atoms with Gasteiger partial charge in [0.2, 0.25) is 0 Å². The molecule has 4 nitrogen and oxygen atoms in total. The fourth-order valence-corrected chi connectivity index (χ4v) is 1.85. The highest BCUT2D eigenvalue weighted by Gasteiger charge is 2.17. The number of nitrogens with zero attached hydrogens (tertiary/aromatic N) is 1. The van der Waals surface area contributed by atoms with Crippen LogP contribution in [-0.2, 0) is 4.74 Å². The molecule has 0 amide bonds. The second kappa shape index (κ2) is 3.56. The second-order valence-corrected chi connectivity index (χ2v) is 3.79. The Labute approximate surface area is 93.0 Å². The zero-order valence-electron chi connectivity index (χ0n) is 9.44. The molecule has 0 fully saturated rings. The average Bonchev–Trinajstić information content (AvgIpc) is 2.62. The number of fused-ring (bicyclic) bond motifs is 1. The third-order valence-corrected chi connectivity index (χ3v) is 2.75. The number of rotatable bonds is 1. The number of carbonyl (C=O) groups is 1. The van der Waals surface area contributed by atoms with E-state index in [0.717, 1.165) is 21.2 Å². The predicted octanol–water partition coefficient (Wildman–Crippen LogP) is 2.28. The van der Waals surface area contributed by atoms with E-state index in [4.69, 9.17) is 0 Å². The van der Waals surface area contributed by atoms with Crippen molar-refractivity contribution in [3.8, 4) is 0 Å². The van der Waals surface area contributed by atoms with E-state index in [0.29, 0.717) is 5.52 Å². The minimum absolute atomic E-state index is 0.148. The maximum absolute atomic E-state index is 11.4.